The molecule has 0 fully saturated rings. The monoisotopic (exact) mass is 309 g/mol. The van der Waals surface area contributed by atoms with Crippen LogP contribution in [0.4, 0.5) is 5.69 Å². The maximum atomic E-state index is 10.4. The van der Waals surface area contributed by atoms with E-state index in [-0.39, 0.29) is 11.8 Å². The molecule has 5 nitrogen and oxygen atoms in total. The van der Waals surface area contributed by atoms with Crippen LogP contribution >= 0.6 is 0 Å². The summed E-state index contributed by atoms with van der Waals surface area (Å²) in [4.78, 5) is 10.4. The van der Waals surface area contributed by atoms with Crippen molar-refractivity contribution < 1.29 is 5.11 Å². The van der Waals surface area contributed by atoms with Crippen molar-refractivity contribution in [3.8, 4) is 5.75 Å². The summed E-state index contributed by atoms with van der Waals surface area (Å²) in [6.07, 6.45) is 3.93. The van der Waals surface area contributed by atoms with Gasteiger partial charge in [0.2, 0.25) is 0 Å². The average molecular weight is 309 g/mol. The molecule has 0 amide bonds. The zero-order chi connectivity index (χ0) is 16.7. The minimum atomic E-state index is -0.0366. The number of aromatic hydroxyl groups is 1. The Hall–Kier alpha value is -2.95. The lowest BCUT2D eigenvalue weighted by Gasteiger charge is -2.11. The second-order valence-electron chi connectivity index (χ2n) is 5.14. The Bertz CT molecular complexity index is 709. The van der Waals surface area contributed by atoms with E-state index in [9.17, 15) is 10.0 Å². The summed E-state index contributed by atoms with van der Waals surface area (Å²) < 4.78 is 0. The van der Waals surface area contributed by atoms with Crippen molar-refractivity contribution in [3.63, 3.8) is 0 Å². The zero-order valence-electron chi connectivity index (χ0n) is 12.9. The summed E-state index contributed by atoms with van der Waals surface area (Å²) >= 11 is 0. The fourth-order valence-electron chi connectivity index (χ4n) is 2.15. The van der Waals surface area contributed by atoms with Crippen LogP contribution in [0.1, 0.15) is 29.7 Å². The number of hydrazone groups is 1. The molecule has 0 spiro atoms. The van der Waals surface area contributed by atoms with Crippen LogP contribution in [0.2, 0.25) is 0 Å². The molecule has 23 heavy (non-hydrogen) atoms. The molecule has 2 aromatic rings. The van der Waals surface area contributed by atoms with Gasteiger partial charge in [-0.1, -0.05) is 30.3 Å². The van der Waals surface area contributed by atoms with Crippen LogP contribution in [0.25, 0.3) is 0 Å². The fourth-order valence-corrected chi connectivity index (χ4v) is 2.15. The number of phenols is 1. The van der Waals surface area contributed by atoms with Crippen molar-refractivity contribution in [3.05, 3.63) is 76.7 Å². The third-order valence-corrected chi connectivity index (χ3v) is 3.49. The molecule has 0 saturated heterocycles. The van der Waals surface area contributed by atoms with E-state index in [0.29, 0.717) is 17.7 Å². The maximum Gasteiger partial charge on any atom is 0.127 e. The molecule has 118 valence electrons. The Morgan fingerprint density at radius 1 is 1.26 bits per heavy atom. The molecule has 0 heterocycles. The Kier molecular flexibility index (Phi) is 5.63. The highest BCUT2D eigenvalue weighted by atomic mass is 16.3. The SMILES string of the molecule is C=CCc1cccc(/C=N/NC(C)c2ccc(N=O)cc2)c1O. The fraction of sp³-hybridized carbons (Fsp3) is 0.167. The Balaban J connectivity index is 2.04. The molecule has 2 N–H and O–H groups in total. The minimum absolute atomic E-state index is 0.0366. The van der Waals surface area contributed by atoms with Gasteiger partial charge in [-0.25, -0.2) is 0 Å². The summed E-state index contributed by atoms with van der Waals surface area (Å²) in [6.45, 7) is 5.63. The number of hydrogen-bond acceptors (Lipinski definition) is 5. The first kappa shape index (κ1) is 16.4. The lowest BCUT2D eigenvalue weighted by molar-refractivity contribution is 0.468. The van der Waals surface area contributed by atoms with E-state index in [1.165, 1.54) is 0 Å². The van der Waals surface area contributed by atoms with Gasteiger partial charge in [0.15, 0.2) is 0 Å². The largest absolute Gasteiger partial charge is 0.507 e. The summed E-state index contributed by atoms with van der Waals surface area (Å²) in [5, 5.41) is 17.2. The van der Waals surface area contributed by atoms with Gasteiger partial charge in [0.05, 0.1) is 12.3 Å². The van der Waals surface area contributed by atoms with E-state index in [1.807, 2.05) is 31.2 Å². The highest BCUT2D eigenvalue weighted by Crippen LogP contribution is 2.22. The van der Waals surface area contributed by atoms with Crippen LogP contribution in [-0.2, 0) is 6.42 Å². The maximum absolute atomic E-state index is 10.4. The van der Waals surface area contributed by atoms with E-state index >= 15 is 0 Å². The number of phenolic OH excluding ortho intramolecular Hbond substituents is 1. The second kappa shape index (κ2) is 7.89. The standard InChI is InChI=1S/C18H19N3O2/c1-3-5-15-6-4-7-16(18(15)22)12-19-20-13(2)14-8-10-17(21-23)11-9-14/h3-4,6-13,20,22H,1,5H2,2H3/b19-12+. The van der Waals surface area contributed by atoms with Crippen molar-refractivity contribution in [2.75, 3.05) is 0 Å². The van der Waals surface area contributed by atoms with Crippen LogP contribution in [0.5, 0.6) is 5.75 Å². The third-order valence-electron chi connectivity index (χ3n) is 3.49. The molecule has 2 aromatic carbocycles. The van der Waals surface area contributed by atoms with Crippen LogP contribution in [0.15, 0.2) is 65.4 Å². The van der Waals surface area contributed by atoms with Crippen LogP contribution < -0.4 is 5.43 Å². The number of nitroso groups, excluding NO2 is 1. The first-order chi connectivity index (χ1) is 11.2. The molecule has 0 aliphatic heterocycles. The van der Waals surface area contributed by atoms with E-state index < -0.39 is 0 Å². The molecule has 0 bridgehead atoms. The number of hydrogen-bond donors (Lipinski definition) is 2. The molecule has 5 heteroatoms. The summed E-state index contributed by atoms with van der Waals surface area (Å²) in [7, 11) is 0. The van der Waals surface area contributed by atoms with Crippen molar-refractivity contribution in [2.45, 2.75) is 19.4 Å². The van der Waals surface area contributed by atoms with Gasteiger partial charge in [0, 0.05) is 5.56 Å². The average Bonchev–Trinajstić information content (AvgIpc) is 2.58. The molecule has 1 atom stereocenters. The van der Waals surface area contributed by atoms with Crippen LogP contribution in [0, 0.1) is 4.91 Å². The molecule has 0 aromatic heterocycles. The summed E-state index contributed by atoms with van der Waals surface area (Å²) in [5.74, 6) is 0.215. The van der Waals surface area contributed by atoms with Gasteiger partial charge < -0.3 is 10.5 Å². The Labute approximate surface area is 135 Å². The van der Waals surface area contributed by atoms with Crippen LogP contribution in [0.3, 0.4) is 0 Å². The van der Waals surface area contributed by atoms with Crippen molar-refractivity contribution in [1.29, 1.82) is 0 Å². The van der Waals surface area contributed by atoms with Gasteiger partial charge in [-0.3, -0.25) is 0 Å². The molecule has 1 unspecified atom stereocenters. The van der Waals surface area contributed by atoms with Crippen molar-refractivity contribution in [2.24, 2.45) is 10.3 Å². The third kappa shape index (κ3) is 4.26. The lowest BCUT2D eigenvalue weighted by atomic mass is 10.1. The number of nitrogens with zero attached hydrogens (tertiary/aromatic N) is 2. The number of para-hydroxylation sites is 1. The van der Waals surface area contributed by atoms with Crippen molar-refractivity contribution >= 4 is 11.9 Å². The lowest BCUT2D eigenvalue weighted by Crippen LogP contribution is -2.12. The highest BCUT2D eigenvalue weighted by Gasteiger charge is 2.05. The van der Waals surface area contributed by atoms with E-state index in [0.717, 1.165) is 11.1 Å². The van der Waals surface area contributed by atoms with Gasteiger partial charge in [-0.05, 0) is 47.8 Å². The van der Waals surface area contributed by atoms with E-state index in [2.05, 4.69) is 22.3 Å². The number of rotatable bonds is 7. The van der Waals surface area contributed by atoms with Gasteiger partial charge in [0.25, 0.3) is 0 Å². The number of benzene rings is 2. The first-order valence-corrected chi connectivity index (χ1v) is 7.29. The van der Waals surface area contributed by atoms with E-state index in [4.69, 9.17) is 0 Å². The first-order valence-electron chi connectivity index (χ1n) is 7.29. The Morgan fingerprint density at radius 3 is 2.65 bits per heavy atom. The normalized spacial score (nSPS) is 12.0. The van der Waals surface area contributed by atoms with Gasteiger partial charge in [0.1, 0.15) is 11.4 Å². The van der Waals surface area contributed by atoms with Gasteiger partial charge in [-0.2, -0.15) is 5.10 Å². The van der Waals surface area contributed by atoms with Gasteiger partial charge >= 0.3 is 0 Å². The molecule has 0 aliphatic rings. The minimum Gasteiger partial charge on any atom is -0.507 e. The van der Waals surface area contributed by atoms with Crippen molar-refractivity contribution in [1.82, 2.24) is 5.43 Å². The molecule has 0 radical (unpaired) electrons. The van der Waals surface area contributed by atoms with Gasteiger partial charge in [-0.15, -0.1) is 11.5 Å². The summed E-state index contributed by atoms with van der Waals surface area (Å²) in [6, 6.07) is 12.5. The van der Waals surface area contributed by atoms with E-state index in [1.54, 1.807) is 30.5 Å². The predicted molar refractivity (Wildman–Crippen MR) is 93.0 cm³/mol. The predicted octanol–water partition coefficient (Wildman–Crippen LogP) is 4.20. The zero-order valence-corrected chi connectivity index (χ0v) is 12.9. The second-order valence-corrected chi connectivity index (χ2v) is 5.14. The number of nitrogens with one attached hydrogen (secondary N) is 1. The molecule has 0 saturated carbocycles. The molecular weight excluding hydrogens is 290 g/mol. The Morgan fingerprint density at radius 2 is 2.00 bits per heavy atom. The molecule has 0 aliphatic carbocycles. The smallest absolute Gasteiger partial charge is 0.127 e. The molecular formula is C18H19N3O2. The number of allylic oxidation sites excluding steroid dienone is 1. The topological polar surface area (TPSA) is 74.0 Å². The quantitative estimate of drug-likeness (QED) is 0.348. The summed E-state index contributed by atoms with van der Waals surface area (Å²) in [5.41, 5.74) is 5.83. The van der Waals surface area contributed by atoms with Crippen LogP contribution in [-0.4, -0.2) is 11.3 Å². The highest BCUT2D eigenvalue weighted by molar-refractivity contribution is 5.83. The molecule has 2 rings (SSSR count).